The molecule has 1 saturated heterocycles. The van der Waals surface area contributed by atoms with Crippen LogP contribution >= 0.6 is 0 Å². The first kappa shape index (κ1) is 18.3. The molecule has 0 bridgehead atoms. The first-order chi connectivity index (χ1) is 13.6. The lowest BCUT2D eigenvalue weighted by molar-refractivity contribution is -0.0368. The minimum atomic E-state index is -0.968. The first-order valence-corrected chi connectivity index (χ1v) is 9.15. The van der Waals surface area contributed by atoms with Crippen LogP contribution in [0.4, 0.5) is 0 Å². The molecule has 28 heavy (non-hydrogen) atoms. The summed E-state index contributed by atoms with van der Waals surface area (Å²) in [5.74, 6) is 1.11. The fourth-order valence-electron chi connectivity index (χ4n) is 3.39. The molecule has 7 nitrogen and oxygen atoms in total. The summed E-state index contributed by atoms with van der Waals surface area (Å²) in [5, 5.41) is 9.38. The van der Waals surface area contributed by atoms with Crippen molar-refractivity contribution >= 4 is 5.97 Å². The lowest BCUT2D eigenvalue weighted by atomic mass is 10.1. The Bertz CT molecular complexity index is 985. The Balaban J connectivity index is 1.48. The highest BCUT2D eigenvalue weighted by Crippen LogP contribution is 2.27. The molecule has 1 aromatic carbocycles. The maximum Gasteiger partial charge on any atom is 0.336 e. The highest BCUT2D eigenvalue weighted by molar-refractivity contribution is 5.95. The molecule has 3 aromatic rings. The summed E-state index contributed by atoms with van der Waals surface area (Å²) >= 11 is 0. The molecule has 4 rings (SSSR count). The second-order valence-corrected chi connectivity index (χ2v) is 6.74. The van der Waals surface area contributed by atoms with Gasteiger partial charge < -0.3 is 14.3 Å². The van der Waals surface area contributed by atoms with Crippen molar-refractivity contribution in [1.82, 2.24) is 14.9 Å². The minimum absolute atomic E-state index is 0.0994. The SMILES string of the molecule is Cc1nccc(C2CN(Cc3ccc(-c4ccccc4C(=O)O)o3)CCO2)n1. The van der Waals surface area contributed by atoms with Gasteiger partial charge in [-0.1, -0.05) is 18.2 Å². The van der Waals surface area contributed by atoms with Gasteiger partial charge in [0.05, 0.1) is 24.4 Å². The van der Waals surface area contributed by atoms with Crippen molar-refractivity contribution in [2.45, 2.75) is 19.6 Å². The van der Waals surface area contributed by atoms with Crippen LogP contribution in [0.25, 0.3) is 11.3 Å². The Labute approximate surface area is 162 Å². The molecular formula is C21H21N3O4. The topological polar surface area (TPSA) is 88.7 Å². The lowest BCUT2D eigenvalue weighted by Crippen LogP contribution is -2.38. The van der Waals surface area contributed by atoms with E-state index in [4.69, 9.17) is 9.15 Å². The fraction of sp³-hybridized carbons (Fsp3) is 0.286. The largest absolute Gasteiger partial charge is 0.478 e. The van der Waals surface area contributed by atoms with Gasteiger partial charge in [0, 0.05) is 24.8 Å². The van der Waals surface area contributed by atoms with Crippen LogP contribution in [0.3, 0.4) is 0 Å². The van der Waals surface area contributed by atoms with Crippen molar-refractivity contribution in [3.05, 3.63) is 71.5 Å². The molecule has 0 aliphatic carbocycles. The zero-order valence-electron chi connectivity index (χ0n) is 15.5. The number of rotatable bonds is 5. The fourth-order valence-corrected chi connectivity index (χ4v) is 3.39. The van der Waals surface area contributed by atoms with Crippen molar-refractivity contribution in [1.29, 1.82) is 0 Å². The van der Waals surface area contributed by atoms with Crippen LogP contribution in [0.1, 0.15) is 33.7 Å². The first-order valence-electron chi connectivity index (χ1n) is 9.15. The average molecular weight is 379 g/mol. The van der Waals surface area contributed by atoms with Gasteiger partial charge in [-0.15, -0.1) is 0 Å². The number of nitrogens with zero attached hydrogens (tertiary/aromatic N) is 3. The van der Waals surface area contributed by atoms with Crippen molar-refractivity contribution in [2.24, 2.45) is 0 Å². The van der Waals surface area contributed by atoms with E-state index in [0.717, 1.165) is 23.8 Å². The number of hydrogen-bond acceptors (Lipinski definition) is 6. The summed E-state index contributed by atoms with van der Waals surface area (Å²) in [6, 6.07) is 12.5. The highest BCUT2D eigenvalue weighted by atomic mass is 16.5. The van der Waals surface area contributed by atoms with E-state index in [1.54, 1.807) is 30.5 Å². The predicted octanol–water partition coefficient (Wildman–Crippen LogP) is 3.32. The molecule has 3 heterocycles. The van der Waals surface area contributed by atoms with Gasteiger partial charge >= 0.3 is 5.97 Å². The average Bonchev–Trinajstić information content (AvgIpc) is 3.16. The Kier molecular flexibility index (Phi) is 5.18. The number of aromatic carboxylic acids is 1. The van der Waals surface area contributed by atoms with Crippen molar-refractivity contribution in [3.8, 4) is 11.3 Å². The van der Waals surface area contributed by atoms with Gasteiger partial charge in [0.15, 0.2) is 0 Å². The molecule has 1 atom stereocenters. The molecule has 1 N–H and O–H groups in total. The summed E-state index contributed by atoms with van der Waals surface area (Å²) in [6.07, 6.45) is 1.65. The number of furan rings is 1. The Morgan fingerprint density at radius 3 is 2.93 bits per heavy atom. The number of carboxylic acids is 1. The summed E-state index contributed by atoms with van der Waals surface area (Å²) in [4.78, 5) is 22.3. The molecule has 1 aliphatic heterocycles. The van der Waals surface area contributed by atoms with Crippen LogP contribution < -0.4 is 0 Å². The summed E-state index contributed by atoms with van der Waals surface area (Å²) in [5.41, 5.74) is 1.69. The number of hydrogen-bond donors (Lipinski definition) is 1. The number of carboxylic acid groups (broad SMARTS) is 1. The monoisotopic (exact) mass is 379 g/mol. The number of morpholine rings is 1. The third kappa shape index (κ3) is 3.95. The summed E-state index contributed by atoms with van der Waals surface area (Å²) < 4.78 is 11.8. The van der Waals surface area contributed by atoms with E-state index in [1.807, 2.05) is 25.1 Å². The van der Waals surface area contributed by atoms with Crippen LogP contribution in [0.2, 0.25) is 0 Å². The molecular weight excluding hydrogens is 358 g/mol. The number of ether oxygens (including phenoxy) is 1. The molecule has 1 fully saturated rings. The van der Waals surface area contributed by atoms with E-state index in [0.29, 0.717) is 31.0 Å². The second kappa shape index (κ2) is 7.92. The molecule has 1 unspecified atom stereocenters. The second-order valence-electron chi connectivity index (χ2n) is 6.74. The van der Waals surface area contributed by atoms with E-state index in [9.17, 15) is 9.90 Å². The lowest BCUT2D eigenvalue weighted by Gasteiger charge is -2.32. The van der Waals surface area contributed by atoms with E-state index in [2.05, 4.69) is 14.9 Å². The predicted molar refractivity (Wildman–Crippen MR) is 102 cm³/mol. The third-order valence-electron chi connectivity index (χ3n) is 4.74. The van der Waals surface area contributed by atoms with Crippen molar-refractivity contribution in [2.75, 3.05) is 19.7 Å². The Morgan fingerprint density at radius 2 is 2.11 bits per heavy atom. The number of aryl methyl sites for hydroxylation is 1. The molecule has 2 aromatic heterocycles. The quantitative estimate of drug-likeness (QED) is 0.727. The van der Waals surface area contributed by atoms with Crippen LogP contribution in [0, 0.1) is 6.92 Å². The maximum atomic E-state index is 11.4. The zero-order chi connectivity index (χ0) is 19.5. The van der Waals surface area contributed by atoms with Gasteiger partial charge in [0.25, 0.3) is 0 Å². The Morgan fingerprint density at radius 1 is 1.25 bits per heavy atom. The van der Waals surface area contributed by atoms with E-state index in [1.165, 1.54) is 0 Å². The molecule has 1 aliphatic rings. The summed E-state index contributed by atoms with van der Waals surface area (Å²) in [7, 11) is 0. The standard InChI is InChI=1S/C21H21N3O4/c1-14-22-9-8-18(23-14)20-13-24(10-11-27-20)12-15-6-7-19(28-15)16-4-2-3-5-17(16)21(25)26/h2-9,20H,10-13H2,1H3,(H,25,26). The summed E-state index contributed by atoms with van der Waals surface area (Å²) in [6.45, 7) is 4.60. The molecule has 0 saturated carbocycles. The molecule has 0 amide bonds. The number of aromatic nitrogens is 2. The molecule has 144 valence electrons. The van der Waals surface area contributed by atoms with Crippen LogP contribution in [-0.2, 0) is 11.3 Å². The van der Waals surface area contributed by atoms with Crippen molar-refractivity contribution < 1.29 is 19.1 Å². The van der Waals surface area contributed by atoms with Gasteiger partial charge in [0.1, 0.15) is 23.4 Å². The smallest absolute Gasteiger partial charge is 0.336 e. The van der Waals surface area contributed by atoms with Crippen molar-refractivity contribution in [3.63, 3.8) is 0 Å². The third-order valence-corrected chi connectivity index (χ3v) is 4.74. The minimum Gasteiger partial charge on any atom is -0.478 e. The van der Waals surface area contributed by atoms with E-state index >= 15 is 0 Å². The normalized spacial score (nSPS) is 17.5. The van der Waals surface area contributed by atoms with Crippen LogP contribution in [-0.4, -0.2) is 45.6 Å². The maximum absolute atomic E-state index is 11.4. The van der Waals surface area contributed by atoms with Gasteiger partial charge in [-0.05, 0) is 31.2 Å². The van der Waals surface area contributed by atoms with E-state index in [-0.39, 0.29) is 11.7 Å². The van der Waals surface area contributed by atoms with Gasteiger partial charge in [0.2, 0.25) is 0 Å². The zero-order valence-corrected chi connectivity index (χ0v) is 15.5. The van der Waals surface area contributed by atoms with Gasteiger partial charge in [-0.3, -0.25) is 4.90 Å². The van der Waals surface area contributed by atoms with Crippen LogP contribution in [0.5, 0.6) is 0 Å². The van der Waals surface area contributed by atoms with Crippen LogP contribution in [0.15, 0.2) is 53.1 Å². The number of benzene rings is 1. The molecule has 7 heteroatoms. The van der Waals surface area contributed by atoms with Gasteiger partial charge in [-0.25, -0.2) is 14.8 Å². The molecule has 0 radical (unpaired) electrons. The highest BCUT2D eigenvalue weighted by Gasteiger charge is 2.24. The van der Waals surface area contributed by atoms with Gasteiger partial charge in [-0.2, -0.15) is 0 Å². The molecule has 0 spiro atoms. The number of carbonyl (C=O) groups is 1. The Hall–Kier alpha value is -3.03. The van der Waals surface area contributed by atoms with E-state index < -0.39 is 5.97 Å².